The molecular weight excluding hydrogens is 330 g/mol. The third-order valence-corrected chi connectivity index (χ3v) is 3.75. The van der Waals surface area contributed by atoms with Gasteiger partial charge in [-0.3, -0.25) is 16.0 Å². The summed E-state index contributed by atoms with van der Waals surface area (Å²) in [5.74, 6) is 5.32. The number of nitro groups is 1. The monoisotopic (exact) mass is 339 g/mol. The first kappa shape index (κ1) is 13.9. The van der Waals surface area contributed by atoms with E-state index in [0.717, 1.165) is 14.3 Å². The molecule has 0 spiro atoms. The van der Waals surface area contributed by atoms with Crippen LogP contribution in [0, 0.1) is 10.1 Å². The number of non-ortho nitro benzene ring substituents is 1. The van der Waals surface area contributed by atoms with E-state index in [4.69, 9.17) is 5.84 Å². The summed E-state index contributed by atoms with van der Waals surface area (Å²) in [4.78, 5) is 12.1. The Morgan fingerprint density at radius 2 is 2.00 bits per heavy atom. The molecule has 19 heavy (non-hydrogen) atoms. The summed E-state index contributed by atoms with van der Waals surface area (Å²) < 4.78 is 0.958. The van der Waals surface area contributed by atoms with Gasteiger partial charge in [-0.25, -0.2) is 0 Å². The van der Waals surface area contributed by atoms with Crippen LogP contribution >= 0.6 is 27.7 Å². The van der Waals surface area contributed by atoms with Crippen LogP contribution < -0.4 is 11.3 Å². The molecule has 0 heterocycles. The van der Waals surface area contributed by atoms with Crippen molar-refractivity contribution in [2.45, 2.75) is 9.79 Å². The van der Waals surface area contributed by atoms with Crippen LogP contribution in [0.2, 0.25) is 0 Å². The number of nitrogens with one attached hydrogen (secondary N) is 1. The van der Waals surface area contributed by atoms with Crippen LogP contribution in [-0.4, -0.2) is 4.92 Å². The molecule has 0 amide bonds. The van der Waals surface area contributed by atoms with Gasteiger partial charge in [0, 0.05) is 26.4 Å². The Labute approximate surface area is 122 Å². The highest BCUT2D eigenvalue weighted by molar-refractivity contribution is 9.10. The number of nitrogen functional groups attached to an aromatic ring is 1. The summed E-state index contributed by atoms with van der Waals surface area (Å²) in [6.45, 7) is 0. The number of benzene rings is 2. The Morgan fingerprint density at radius 3 is 2.63 bits per heavy atom. The average Bonchev–Trinajstić information content (AvgIpc) is 2.38. The second-order valence-electron chi connectivity index (χ2n) is 3.68. The maximum absolute atomic E-state index is 10.8. The first-order chi connectivity index (χ1) is 9.08. The van der Waals surface area contributed by atoms with Crippen molar-refractivity contribution in [3.63, 3.8) is 0 Å². The van der Waals surface area contributed by atoms with E-state index in [-0.39, 0.29) is 5.69 Å². The van der Waals surface area contributed by atoms with E-state index in [1.807, 2.05) is 24.3 Å². The molecule has 0 atom stereocenters. The first-order valence-electron chi connectivity index (χ1n) is 5.28. The smallest absolute Gasteiger partial charge is 0.272 e. The van der Waals surface area contributed by atoms with Gasteiger partial charge in [-0.2, -0.15) is 0 Å². The number of nitrogens with two attached hydrogens (primary N) is 1. The standard InChI is InChI=1S/C12H10BrN3O2S/c13-8-2-1-3-11(4-8)19-12-6-9(15-14)5-10(7-12)16(17)18/h1-7,15H,14H2. The normalized spacial score (nSPS) is 10.2. The molecule has 0 aliphatic carbocycles. The number of halogens is 1. The van der Waals surface area contributed by atoms with Crippen molar-refractivity contribution in [3.05, 3.63) is 57.1 Å². The van der Waals surface area contributed by atoms with E-state index in [2.05, 4.69) is 21.4 Å². The van der Waals surface area contributed by atoms with Crippen molar-refractivity contribution < 1.29 is 4.92 Å². The fourth-order valence-electron chi connectivity index (χ4n) is 1.50. The molecule has 0 saturated heterocycles. The Bertz CT molecular complexity index is 622. The van der Waals surface area contributed by atoms with Crippen molar-refractivity contribution in [1.29, 1.82) is 0 Å². The molecule has 3 N–H and O–H groups in total. The Balaban J connectivity index is 2.34. The summed E-state index contributed by atoms with van der Waals surface area (Å²) in [5, 5.41) is 10.8. The van der Waals surface area contributed by atoms with Crippen LogP contribution in [0.1, 0.15) is 0 Å². The van der Waals surface area contributed by atoms with Gasteiger partial charge < -0.3 is 5.43 Å². The SMILES string of the molecule is NNc1cc(Sc2cccc(Br)c2)cc([N+](=O)[O-])c1. The Hall–Kier alpha value is -1.57. The highest BCUT2D eigenvalue weighted by atomic mass is 79.9. The number of nitrogens with zero attached hydrogens (tertiary/aromatic N) is 1. The number of rotatable bonds is 4. The zero-order valence-electron chi connectivity index (χ0n) is 9.67. The van der Waals surface area contributed by atoms with Crippen molar-refractivity contribution in [3.8, 4) is 0 Å². The van der Waals surface area contributed by atoms with Crippen molar-refractivity contribution in [2.75, 3.05) is 5.43 Å². The second-order valence-corrected chi connectivity index (χ2v) is 5.74. The van der Waals surface area contributed by atoms with Crippen LogP contribution in [0.5, 0.6) is 0 Å². The fourth-order valence-corrected chi connectivity index (χ4v) is 3.02. The summed E-state index contributed by atoms with van der Waals surface area (Å²) in [6, 6.07) is 12.4. The van der Waals surface area contributed by atoms with E-state index in [1.54, 1.807) is 6.07 Å². The van der Waals surface area contributed by atoms with Crippen LogP contribution in [0.25, 0.3) is 0 Å². The van der Waals surface area contributed by atoms with E-state index >= 15 is 0 Å². The molecule has 0 aliphatic rings. The van der Waals surface area contributed by atoms with E-state index < -0.39 is 4.92 Å². The second kappa shape index (κ2) is 6.05. The molecule has 2 aromatic rings. The lowest BCUT2D eigenvalue weighted by Gasteiger charge is -2.05. The summed E-state index contributed by atoms with van der Waals surface area (Å²) >= 11 is 4.82. The number of hydrogen-bond donors (Lipinski definition) is 2. The molecule has 0 radical (unpaired) electrons. The highest BCUT2D eigenvalue weighted by Gasteiger charge is 2.10. The van der Waals surface area contributed by atoms with E-state index in [1.165, 1.54) is 23.9 Å². The Kier molecular flexibility index (Phi) is 4.41. The lowest BCUT2D eigenvalue weighted by molar-refractivity contribution is -0.385. The maximum atomic E-state index is 10.8. The number of anilines is 1. The summed E-state index contributed by atoms with van der Waals surface area (Å²) in [6.07, 6.45) is 0. The molecule has 0 fully saturated rings. The van der Waals surface area contributed by atoms with Gasteiger partial charge in [0.15, 0.2) is 0 Å². The topological polar surface area (TPSA) is 81.2 Å². The molecule has 0 bridgehead atoms. The van der Waals surface area contributed by atoms with Crippen molar-refractivity contribution in [2.24, 2.45) is 5.84 Å². The molecule has 2 aromatic carbocycles. The predicted octanol–water partition coefficient (Wildman–Crippen LogP) is 3.79. The van der Waals surface area contributed by atoms with Gasteiger partial charge in [0.1, 0.15) is 0 Å². The minimum atomic E-state index is -0.439. The van der Waals surface area contributed by atoms with Gasteiger partial charge in [-0.15, -0.1) is 0 Å². The lowest BCUT2D eigenvalue weighted by atomic mass is 10.3. The van der Waals surface area contributed by atoms with Crippen molar-refractivity contribution in [1.82, 2.24) is 0 Å². The average molecular weight is 340 g/mol. The minimum absolute atomic E-state index is 0.00736. The Morgan fingerprint density at radius 1 is 1.21 bits per heavy atom. The number of hydrazine groups is 1. The van der Waals surface area contributed by atoms with Gasteiger partial charge in [-0.1, -0.05) is 33.8 Å². The van der Waals surface area contributed by atoms with Gasteiger partial charge in [0.25, 0.3) is 5.69 Å². The van der Waals surface area contributed by atoms with Crippen LogP contribution in [0.4, 0.5) is 11.4 Å². The zero-order chi connectivity index (χ0) is 13.8. The number of hydrogen-bond acceptors (Lipinski definition) is 5. The summed E-state index contributed by atoms with van der Waals surface area (Å²) in [7, 11) is 0. The predicted molar refractivity (Wildman–Crippen MR) is 79.2 cm³/mol. The number of nitro benzene ring substituents is 1. The molecule has 0 aromatic heterocycles. The summed E-state index contributed by atoms with van der Waals surface area (Å²) in [5.41, 5.74) is 2.95. The van der Waals surface area contributed by atoms with E-state index in [9.17, 15) is 10.1 Å². The van der Waals surface area contributed by atoms with Crippen LogP contribution in [0.3, 0.4) is 0 Å². The maximum Gasteiger partial charge on any atom is 0.272 e. The van der Waals surface area contributed by atoms with Crippen molar-refractivity contribution >= 4 is 39.1 Å². The minimum Gasteiger partial charge on any atom is -0.324 e. The van der Waals surface area contributed by atoms with Gasteiger partial charge >= 0.3 is 0 Å². The van der Waals surface area contributed by atoms with E-state index in [0.29, 0.717) is 5.69 Å². The molecule has 0 aliphatic heterocycles. The molecular formula is C12H10BrN3O2S. The third kappa shape index (κ3) is 3.69. The molecule has 7 heteroatoms. The first-order valence-corrected chi connectivity index (χ1v) is 6.89. The molecule has 2 rings (SSSR count). The third-order valence-electron chi connectivity index (χ3n) is 2.30. The van der Waals surface area contributed by atoms with Gasteiger partial charge in [-0.05, 0) is 24.3 Å². The lowest BCUT2D eigenvalue weighted by Crippen LogP contribution is -2.07. The fraction of sp³-hybridized carbons (Fsp3) is 0. The molecule has 0 unspecified atom stereocenters. The molecule has 5 nitrogen and oxygen atoms in total. The molecule has 98 valence electrons. The molecule has 0 saturated carbocycles. The zero-order valence-corrected chi connectivity index (χ0v) is 12.1. The van der Waals surface area contributed by atoms with Gasteiger partial charge in [0.2, 0.25) is 0 Å². The largest absolute Gasteiger partial charge is 0.324 e. The van der Waals surface area contributed by atoms with Crippen LogP contribution in [-0.2, 0) is 0 Å². The van der Waals surface area contributed by atoms with Gasteiger partial charge in [0.05, 0.1) is 10.6 Å². The van der Waals surface area contributed by atoms with Crippen LogP contribution in [0.15, 0.2) is 56.7 Å². The quantitative estimate of drug-likeness (QED) is 0.503. The highest BCUT2D eigenvalue weighted by Crippen LogP contribution is 2.33.